The first kappa shape index (κ1) is 13.0. The summed E-state index contributed by atoms with van der Waals surface area (Å²) in [6.07, 6.45) is 6.46. The minimum Gasteiger partial charge on any atom is -0.411 e. The summed E-state index contributed by atoms with van der Waals surface area (Å²) >= 11 is 0. The van der Waals surface area contributed by atoms with Crippen molar-refractivity contribution >= 4 is 19.9 Å². The molecular weight excluding hydrogens is 268 g/mol. The van der Waals surface area contributed by atoms with E-state index in [1.165, 1.54) is 5.57 Å². The quantitative estimate of drug-likeness (QED) is 0.580. The molecule has 108 valence electrons. The summed E-state index contributed by atoms with van der Waals surface area (Å²) in [6, 6.07) is 0. The highest BCUT2D eigenvalue weighted by Gasteiger charge is 2.76. The predicted molar refractivity (Wildman–Crippen MR) is 77.8 cm³/mol. The number of carbonyl (C=O) groups excluding carboxylic acids is 2. The maximum absolute atomic E-state index is 12.4. The number of rotatable bonds is 2. The van der Waals surface area contributed by atoms with E-state index in [4.69, 9.17) is 4.43 Å². The highest BCUT2D eigenvalue weighted by atomic mass is 28.4. The summed E-state index contributed by atoms with van der Waals surface area (Å²) < 4.78 is 6.69. The lowest BCUT2D eigenvalue weighted by Gasteiger charge is -2.45. The first-order valence-electron chi connectivity index (χ1n) is 7.78. The van der Waals surface area contributed by atoms with E-state index in [0.717, 1.165) is 25.7 Å². The minimum absolute atomic E-state index is 0.0673. The van der Waals surface area contributed by atoms with E-state index >= 15 is 0 Å². The Morgan fingerprint density at radius 3 is 2.70 bits per heavy atom. The monoisotopic (exact) mass is 290 g/mol. The largest absolute Gasteiger partial charge is 0.411 e. The number of hydrogen-bond donors (Lipinski definition) is 0. The van der Waals surface area contributed by atoms with Gasteiger partial charge in [0.1, 0.15) is 5.78 Å². The van der Waals surface area contributed by atoms with Gasteiger partial charge >= 0.3 is 0 Å². The van der Waals surface area contributed by atoms with Crippen molar-refractivity contribution in [3.05, 3.63) is 11.6 Å². The van der Waals surface area contributed by atoms with Crippen LogP contribution >= 0.6 is 0 Å². The Hall–Kier alpha value is -0.743. The summed E-state index contributed by atoms with van der Waals surface area (Å²) in [5.41, 5.74) is 0.803. The van der Waals surface area contributed by atoms with Crippen molar-refractivity contribution in [3.8, 4) is 0 Å². The van der Waals surface area contributed by atoms with Crippen LogP contribution in [0.5, 0.6) is 0 Å². The van der Waals surface area contributed by atoms with E-state index in [0.29, 0.717) is 12.3 Å². The van der Waals surface area contributed by atoms with Crippen LogP contribution < -0.4 is 0 Å². The average molecular weight is 290 g/mol. The third-order valence-corrected chi connectivity index (χ3v) is 6.95. The van der Waals surface area contributed by atoms with Gasteiger partial charge in [-0.1, -0.05) is 5.57 Å². The maximum atomic E-state index is 12.4. The van der Waals surface area contributed by atoms with Gasteiger partial charge in [0.2, 0.25) is 0 Å². The topological polar surface area (TPSA) is 43.4 Å². The van der Waals surface area contributed by atoms with E-state index < -0.39 is 14.2 Å². The molecule has 1 unspecified atom stereocenters. The molecule has 0 amide bonds. The van der Waals surface area contributed by atoms with Crippen molar-refractivity contribution < 1.29 is 14.0 Å². The average Bonchev–Trinajstić information content (AvgIpc) is 2.92. The van der Waals surface area contributed by atoms with Crippen LogP contribution in [-0.2, 0) is 14.0 Å². The van der Waals surface area contributed by atoms with Gasteiger partial charge in [-0.05, 0) is 57.3 Å². The molecule has 0 radical (unpaired) electrons. The number of Topliss-reactive ketones (excluding diaryl/α,β-unsaturated/α-hetero) is 1. The van der Waals surface area contributed by atoms with Crippen LogP contribution in [0.25, 0.3) is 0 Å². The van der Waals surface area contributed by atoms with Crippen LogP contribution in [0.4, 0.5) is 0 Å². The number of hydrogen-bond acceptors (Lipinski definition) is 3. The summed E-state index contributed by atoms with van der Waals surface area (Å²) in [7, 11) is -1.71. The van der Waals surface area contributed by atoms with Crippen molar-refractivity contribution in [2.45, 2.75) is 57.3 Å². The predicted octanol–water partition coefficient (Wildman–Crippen LogP) is 2.87. The molecule has 0 aliphatic heterocycles. The molecule has 3 fully saturated rings. The minimum atomic E-state index is -1.71. The summed E-state index contributed by atoms with van der Waals surface area (Å²) in [4.78, 5) is 24.8. The molecular formula is C16H22O3Si. The third kappa shape index (κ3) is 1.26. The fourth-order valence-electron chi connectivity index (χ4n) is 5.81. The second-order valence-electron chi connectivity index (χ2n) is 7.99. The maximum Gasteiger partial charge on any atom is 0.184 e. The number of ketones is 2. The fourth-order valence-corrected chi connectivity index (χ4v) is 7.35. The highest BCUT2D eigenvalue weighted by Crippen LogP contribution is 2.73. The zero-order chi connectivity index (χ0) is 14.3. The molecule has 4 rings (SSSR count). The zero-order valence-corrected chi connectivity index (χ0v) is 13.5. The molecule has 20 heavy (non-hydrogen) atoms. The Labute approximate surface area is 120 Å². The molecule has 0 N–H and O–H groups in total. The third-order valence-electron chi connectivity index (χ3n) is 5.95. The molecule has 4 heteroatoms. The van der Waals surface area contributed by atoms with Gasteiger partial charge in [0.25, 0.3) is 0 Å². The highest BCUT2D eigenvalue weighted by molar-refractivity contribution is 6.69. The molecule has 4 aliphatic rings. The lowest BCUT2D eigenvalue weighted by molar-refractivity contribution is -0.134. The molecule has 3 nitrogen and oxygen atoms in total. The lowest BCUT2D eigenvalue weighted by Crippen LogP contribution is -2.52. The van der Waals surface area contributed by atoms with Crippen LogP contribution in [-0.4, -0.2) is 25.5 Å². The second-order valence-corrected chi connectivity index (χ2v) is 12.4. The van der Waals surface area contributed by atoms with E-state index in [9.17, 15) is 9.59 Å². The fraction of sp³-hybridized carbons (Fsp3) is 0.750. The Morgan fingerprint density at radius 1 is 1.25 bits per heavy atom. The lowest BCUT2D eigenvalue weighted by atomic mass is 9.67. The van der Waals surface area contributed by atoms with Gasteiger partial charge in [0.05, 0.1) is 11.5 Å². The van der Waals surface area contributed by atoms with Crippen LogP contribution in [0.2, 0.25) is 19.6 Å². The van der Waals surface area contributed by atoms with E-state index in [-0.39, 0.29) is 22.6 Å². The Kier molecular flexibility index (Phi) is 2.29. The zero-order valence-electron chi connectivity index (χ0n) is 12.5. The van der Waals surface area contributed by atoms with Gasteiger partial charge in [-0.25, -0.2) is 0 Å². The van der Waals surface area contributed by atoms with Crippen molar-refractivity contribution in [3.63, 3.8) is 0 Å². The molecule has 0 aromatic heterocycles. The summed E-state index contributed by atoms with van der Waals surface area (Å²) in [5.74, 6) is 0.203. The van der Waals surface area contributed by atoms with Crippen molar-refractivity contribution in [2.75, 3.05) is 0 Å². The first-order valence-corrected chi connectivity index (χ1v) is 11.2. The van der Waals surface area contributed by atoms with Crippen LogP contribution in [0.15, 0.2) is 11.6 Å². The Balaban J connectivity index is 1.89. The Morgan fingerprint density at radius 2 is 2.00 bits per heavy atom. The molecule has 0 aromatic rings. The molecule has 0 heterocycles. The molecule has 0 saturated heterocycles. The molecule has 4 aliphatic carbocycles. The van der Waals surface area contributed by atoms with Crippen molar-refractivity contribution in [1.29, 1.82) is 0 Å². The molecule has 0 bridgehead atoms. The number of allylic oxidation sites excluding steroid dienone is 1. The summed E-state index contributed by atoms with van der Waals surface area (Å²) in [6.45, 7) is 6.65. The van der Waals surface area contributed by atoms with E-state index in [1.54, 1.807) is 6.08 Å². The second kappa shape index (κ2) is 3.53. The molecule has 4 atom stereocenters. The van der Waals surface area contributed by atoms with Gasteiger partial charge in [0.15, 0.2) is 14.1 Å². The summed E-state index contributed by atoms with van der Waals surface area (Å²) in [5, 5.41) is 0. The van der Waals surface area contributed by atoms with E-state index in [1.807, 2.05) is 0 Å². The van der Waals surface area contributed by atoms with Gasteiger partial charge < -0.3 is 4.43 Å². The van der Waals surface area contributed by atoms with Crippen molar-refractivity contribution in [2.24, 2.45) is 17.3 Å². The van der Waals surface area contributed by atoms with E-state index in [2.05, 4.69) is 19.6 Å². The van der Waals surface area contributed by atoms with Crippen LogP contribution in [0, 0.1) is 17.3 Å². The van der Waals surface area contributed by atoms with Gasteiger partial charge in [-0.2, -0.15) is 0 Å². The van der Waals surface area contributed by atoms with Gasteiger partial charge in [-0.15, -0.1) is 0 Å². The van der Waals surface area contributed by atoms with Gasteiger partial charge in [-0.3, -0.25) is 9.59 Å². The van der Waals surface area contributed by atoms with Gasteiger partial charge in [0, 0.05) is 11.8 Å². The normalized spacial score (nSPS) is 45.9. The molecule has 1 spiro atoms. The smallest absolute Gasteiger partial charge is 0.184 e. The Bertz CT molecular complexity index is 559. The molecule has 3 saturated carbocycles. The van der Waals surface area contributed by atoms with Crippen LogP contribution in [0.3, 0.4) is 0 Å². The SMILES string of the molecule is C[Si](C)(C)O[C@@]12CCC3=CC(=O)[C@H]4C(=O)C[C@H](CC1)C342. The standard InChI is InChI=1S/C16H22O3Si/c1-20(2,3)19-15-6-4-10-8-12(17)14-13(18)9-11(5-7-15)16(10,14)15/h8,11,14H,4-7,9H2,1-3H3/t11-,14-,15-,16?/m0/s1. The first-order chi connectivity index (χ1) is 9.30. The van der Waals surface area contributed by atoms with Crippen molar-refractivity contribution in [1.82, 2.24) is 0 Å². The van der Waals surface area contributed by atoms with Crippen LogP contribution in [0.1, 0.15) is 32.1 Å². The number of carbonyl (C=O) groups is 2. The molecule has 0 aromatic carbocycles.